The van der Waals surface area contributed by atoms with E-state index in [9.17, 15) is 4.57 Å². The van der Waals surface area contributed by atoms with Gasteiger partial charge < -0.3 is 4.57 Å². The zero-order valence-electron chi connectivity index (χ0n) is 17.8. The number of nitrogens with zero attached hydrogens (tertiary/aromatic N) is 1. The van der Waals surface area contributed by atoms with Crippen molar-refractivity contribution in [2.75, 3.05) is 0 Å². The second-order valence-electron chi connectivity index (χ2n) is 7.20. The molecule has 4 aromatic carbocycles. The number of aliphatic imine (C=N–C) groups is 1. The minimum Gasteiger partial charge on any atom is -0.307 e. The van der Waals surface area contributed by atoms with Crippen LogP contribution < -0.4 is 10.6 Å². The van der Waals surface area contributed by atoms with Crippen LogP contribution in [0.15, 0.2) is 135 Å². The molecule has 0 N–H and O–H groups in total. The van der Waals surface area contributed by atoms with Crippen molar-refractivity contribution in [3.63, 3.8) is 0 Å². The van der Waals surface area contributed by atoms with Crippen LogP contribution >= 0.6 is 53.7 Å². The molecule has 0 spiro atoms. The maximum absolute atomic E-state index is 14.9. The summed E-state index contributed by atoms with van der Waals surface area (Å²) in [6.07, 6.45) is 0. The van der Waals surface area contributed by atoms with E-state index in [0.29, 0.717) is 20.7 Å². The van der Waals surface area contributed by atoms with Gasteiger partial charge in [-0.25, -0.2) is 4.99 Å². The van der Waals surface area contributed by atoms with E-state index in [0.717, 1.165) is 10.5 Å². The first-order chi connectivity index (χ1) is 16.5. The van der Waals surface area contributed by atoms with Crippen molar-refractivity contribution in [2.45, 2.75) is 4.90 Å². The van der Waals surface area contributed by atoms with E-state index in [1.165, 1.54) is 11.8 Å². The second kappa shape index (κ2) is 11.4. The van der Waals surface area contributed by atoms with E-state index >= 15 is 0 Å². The third-order valence-corrected chi connectivity index (χ3v) is 9.84. The molecule has 0 unspecified atom stereocenters. The van der Waals surface area contributed by atoms with E-state index < -0.39 is 7.14 Å². The summed E-state index contributed by atoms with van der Waals surface area (Å²) in [6, 6.07) is 35.5. The molecule has 7 heteroatoms. The summed E-state index contributed by atoms with van der Waals surface area (Å²) in [6.45, 7) is 0. The standard InChI is InChI=1S/C27H19Cl3NOPS/c28-21-16-18-24(19-17-21)34-27(20-10-4-1-5-11-20)31-26(25(29)30)33(32,22-12-6-2-7-13-22)23-14-8-3-9-15-23/h1-19H. The number of thioether (sulfide) groups is 1. The molecule has 2 nitrogen and oxygen atoms in total. The Bertz CT molecular complexity index is 1310. The summed E-state index contributed by atoms with van der Waals surface area (Å²) in [5.41, 5.74) is 0.982. The lowest BCUT2D eigenvalue weighted by molar-refractivity contribution is 0.590. The molecule has 0 aliphatic carbocycles. The molecule has 4 aromatic rings. The smallest absolute Gasteiger partial charge is 0.190 e. The van der Waals surface area contributed by atoms with Crippen molar-refractivity contribution in [3.8, 4) is 0 Å². The largest absolute Gasteiger partial charge is 0.307 e. The van der Waals surface area contributed by atoms with Gasteiger partial charge in [0.1, 0.15) is 15.0 Å². The summed E-state index contributed by atoms with van der Waals surface area (Å²) in [5.74, 6) is 0. The third-order valence-electron chi connectivity index (χ3n) is 4.96. The first-order valence-corrected chi connectivity index (χ1v) is 14.0. The minimum atomic E-state index is -3.48. The van der Waals surface area contributed by atoms with Crippen molar-refractivity contribution in [1.29, 1.82) is 0 Å². The maximum atomic E-state index is 14.9. The van der Waals surface area contributed by atoms with Crippen LogP contribution in [0.5, 0.6) is 0 Å². The Balaban J connectivity index is 1.93. The molecular formula is C27H19Cl3NOPS. The van der Waals surface area contributed by atoms with E-state index in [2.05, 4.69) is 0 Å². The summed E-state index contributed by atoms with van der Waals surface area (Å²) >= 11 is 20.3. The fourth-order valence-corrected chi connectivity index (χ4v) is 7.67. The lowest BCUT2D eigenvalue weighted by atomic mass is 10.2. The number of hydrogen-bond acceptors (Lipinski definition) is 3. The van der Waals surface area contributed by atoms with Gasteiger partial charge in [0.25, 0.3) is 0 Å². The highest BCUT2D eigenvalue weighted by molar-refractivity contribution is 8.14. The highest BCUT2D eigenvalue weighted by Gasteiger charge is 2.34. The molecular weight excluding hydrogens is 524 g/mol. The van der Waals surface area contributed by atoms with Crippen LogP contribution in [-0.4, -0.2) is 5.04 Å². The van der Waals surface area contributed by atoms with Crippen LogP contribution in [0.3, 0.4) is 0 Å². The van der Waals surface area contributed by atoms with E-state index in [1.54, 1.807) is 0 Å². The summed E-state index contributed by atoms with van der Waals surface area (Å²) < 4.78 is 14.7. The van der Waals surface area contributed by atoms with Crippen molar-refractivity contribution in [3.05, 3.63) is 136 Å². The van der Waals surface area contributed by atoms with Gasteiger partial charge in [-0.15, -0.1) is 0 Å². The van der Waals surface area contributed by atoms with Gasteiger partial charge in [0, 0.05) is 26.1 Å². The summed E-state index contributed by atoms with van der Waals surface area (Å²) in [7, 11) is -3.48. The monoisotopic (exact) mass is 541 g/mol. The number of rotatable bonds is 6. The predicted octanol–water partition coefficient (Wildman–Crippen LogP) is 8.50. The Hall–Kier alpha value is -2.26. The van der Waals surface area contributed by atoms with Crippen LogP contribution in [0.25, 0.3) is 0 Å². The van der Waals surface area contributed by atoms with Gasteiger partial charge in [-0.3, -0.25) is 0 Å². The van der Waals surface area contributed by atoms with E-state index in [4.69, 9.17) is 39.8 Å². The lowest BCUT2D eigenvalue weighted by Gasteiger charge is -2.21. The average molecular weight is 543 g/mol. The zero-order chi connectivity index (χ0) is 24.0. The lowest BCUT2D eigenvalue weighted by Crippen LogP contribution is -2.17. The fourth-order valence-electron chi connectivity index (χ4n) is 3.34. The Morgan fingerprint density at radius 2 is 1.15 bits per heavy atom. The highest BCUT2D eigenvalue weighted by atomic mass is 35.5. The van der Waals surface area contributed by atoms with Gasteiger partial charge in [-0.1, -0.05) is 138 Å². The molecule has 0 amide bonds. The quantitative estimate of drug-likeness (QED) is 0.106. The van der Waals surface area contributed by atoms with Crippen LogP contribution in [0.4, 0.5) is 0 Å². The Morgan fingerprint density at radius 3 is 1.62 bits per heavy atom. The number of halogens is 3. The molecule has 0 saturated heterocycles. The fraction of sp³-hybridized carbons (Fsp3) is 0. The maximum Gasteiger partial charge on any atom is 0.190 e. The van der Waals surface area contributed by atoms with Crippen molar-refractivity contribution < 1.29 is 4.57 Å². The van der Waals surface area contributed by atoms with Crippen LogP contribution in [0, 0.1) is 0 Å². The van der Waals surface area contributed by atoms with Crippen LogP contribution in [0.1, 0.15) is 5.56 Å². The topological polar surface area (TPSA) is 29.4 Å². The molecule has 0 heterocycles. The molecule has 170 valence electrons. The molecule has 0 atom stereocenters. The molecule has 0 aliphatic heterocycles. The highest BCUT2D eigenvalue weighted by Crippen LogP contribution is 2.55. The molecule has 34 heavy (non-hydrogen) atoms. The van der Waals surface area contributed by atoms with Crippen LogP contribution in [-0.2, 0) is 4.57 Å². The van der Waals surface area contributed by atoms with Crippen molar-refractivity contribution >= 4 is 69.4 Å². The molecule has 0 aliphatic rings. The Labute approximate surface area is 218 Å². The zero-order valence-corrected chi connectivity index (χ0v) is 21.8. The summed E-state index contributed by atoms with van der Waals surface area (Å²) in [4.78, 5) is 5.81. The van der Waals surface area contributed by atoms with Gasteiger partial charge in [0.15, 0.2) is 7.14 Å². The molecule has 0 bridgehead atoms. The molecule has 4 rings (SSSR count). The normalized spacial score (nSPS) is 11.8. The van der Waals surface area contributed by atoms with Gasteiger partial charge in [-0.05, 0) is 24.3 Å². The average Bonchev–Trinajstić information content (AvgIpc) is 2.88. The van der Waals surface area contributed by atoms with Gasteiger partial charge >= 0.3 is 0 Å². The van der Waals surface area contributed by atoms with E-state index in [-0.39, 0.29) is 9.93 Å². The SMILES string of the molecule is O=P(C(N=C(Sc1ccc(Cl)cc1)c1ccccc1)=C(Cl)Cl)(c1ccccc1)c1ccccc1. The second-order valence-corrected chi connectivity index (χ2v) is 12.3. The molecule has 0 fully saturated rings. The Morgan fingerprint density at radius 1 is 0.676 bits per heavy atom. The molecule has 0 aromatic heterocycles. The van der Waals surface area contributed by atoms with Gasteiger partial charge in [0.05, 0.1) is 0 Å². The first kappa shape index (κ1) is 24.9. The Kier molecular flexibility index (Phi) is 8.37. The van der Waals surface area contributed by atoms with E-state index in [1.807, 2.05) is 115 Å². The van der Waals surface area contributed by atoms with Crippen LogP contribution in [0.2, 0.25) is 5.02 Å². The molecule has 0 radical (unpaired) electrons. The third kappa shape index (κ3) is 5.68. The van der Waals surface area contributed by atoms with Crippen molar-refractivity contribution in [2.24, 2.45) is 4.99 Å². The van der Waals surface area contributed by atoms with Gasteiger partial charge in [0.2, 0.25) is 0 Å². The number of hydrogen-bond donors (Lipinski definition) is 0. The van der Waals surface area contributed by atoms with Crippen molar-refractivity contribution in [1.82, 2.24) is 0 Å². The van der Waals surface area contributed by atoms with Gasteiger partial charge in [-0.2, -0.15) is 0 Å². The predicted molar refractivity (Wildman–Crippen MR) is 149 cm³/mol. The first-order valence-electron chi connectivity index (χ1n) is 10.3. The number of benzene rings is 4. The summed E-state index contributed by atoms with van der Waals surface area (Å²) in [5, 5.41) is 2.46. The molecule has 0 saturated carbocycles. The minimum absolute atomic E-state index is 0.133.